The Morgan fingerprint density at radius 2 is 1.93 bits per heavy atom. The fourth-order valence-electron chi connectivity index (χ4n) is 3.52. The van der Waals surface area contributed by atoms with Crippen LogP contribution in [0.1, 0.15) is 36.5 Å². The SMILES string of the molecule is CC(=O)N(CC(=O)O)C1CCCN(C(=O)c2ccc(-n3ccnn3)cc2)CC1. The van der Waals surface area contributed by atoms with Crippen LogP contribution in [-0.4, -0.2) is 73.4 Å². The lowest BCUT2D eigenvalue weighted by atomic mass is 10.1. The molecule has 2 aromatic rings. The van der Waals surface area contributed by atoms with Crippen molar-refractivity contribution in [1.29, 1.82) is 0 Å². The topological polar surface area (TPSA) is 109 Å². The summed E-state index contributed by atoms with van der Waals surface area (Å²) in [5.74, 6) is -1.35. The Labute approximate surface area is 162 Å². The van der Waals surface area contributed by atoms with E-state index >= 15 is 0 Å². The average molecular weight is 385 g/mol. The van der Waals surface area contributed by atoms with Gasteiger partial charge in [0, 0.05) is 31.6 Å². The van der Waals surface area contributed by atoms with E-state index in [4.69, 9.17) is 5.11 Å². The number of amides is 2. The van der Waals surface area contributed by atoms with Crippen molar-refractivity contribution in [2.24, 2.45) is 0 Å². The van der Waals surface area contributed by atoms with E-state index in [1.54, 1.807) is 34.1 Å². The van der Waals surface area contributed by atoms with Gasteiger partial charge in [0.2, 0.25) is 5.91 Å². The average Bonchev–Trinajstić information content (AvgIpc) is 3.10. The normalized spacial score (nSPS) is 17.0. The van der Waals surface area contributed by atoms with E-state index in [2.05, 4.69) is 10.3 Å². The highest BCUT2D eigenvalue weighted by Crippen LogP contribution is 2.19. The summed E-state index contributed by atoms with van der Waals surface area (Å²) < 4.78 is 1.61. The number of aliphatic carboxylic acids is 1. The molecule has 2 heterocycles. The van der Waals surface area contributed by atoms with Crippen molar-refractivity contribution >= 4 is 17.8 Å². The van der Waals surface area contributed by atoms with Gasteiger partial charge in [-0.1, -0.05) is 5.21 Å². The second-order valence-corrected chi connectivity index (χ2v) is 6.81. The number of carboxylic acids is 1. The number of carbonyl (C=O) groups excluding carboxylic acids is 2. The molecule has 9 heteroatoms. The maximum atomic E-state index is 12.9. The third-order valence-corrected chi connectivity index (χ3v) is 4.94. The summed E-state index contributed by atoms with van der Waals surface area (Å²) in [5, 5.41) is 16.7. The molecule has 148 valence electrons. The van der Waals surface area contributed by atoms with Gasteiger partial charge in [0.15, 0.2) is 0 Å². The number of aromatic nitrogens is 3. The summed E-state index contributed by atoms with van der Waals surface area (Å²) in [7, 11) is 0. The smallest absolute Gasteiger partial charge is 0.323 e. The summed E-state index contributed by atoms with van der Waals surface area (Å²) in [6.07, 6.45) is 5.28. The number of benzene rings is 1. The van der Waals surface area contributed by atoms with Gasteiger partial charge in [-0.3, -0.25) is 14.4 Å². The number of likely N-dealkylation sites (tertiary alicyclic amines) is 1. The molecule has 0 saturated carbocycles. The minimum atomic E-state index is -1.03. The second-order valence-electron chi connectivity index (χ2n) is 6.81. The molecule has 0 bridgehead atoms. The van der Waals surface area contributed by atoms with Gasteiger partial charge < -0.3 is 14.9 Å². The third kappa shape index (κ3) is 4.54. The fraction of sp³-hybridized carbons (Fsp3) is 0.421. The number of hydrogen-bond acceptors (Lipinski definition) is 5. The number of carbonyl (C=O) groups is 3. The summed E-state index contributed by atoms with van der Waals surface area (Å²) in [4.78, 5) is 38.9. The standard InChI is InChI=1S/C19H23N5O4/c1-14(25)23(13-18(26)27)16-3-2-10-22(11-8-16)19(28)15-4-6-17(7-5-15)24-12-9-20-21-24/h4-7,9,12,16H,2-3,8,10-11,13H2,1H3,(H,26,27). The van der Waals surface area contributed by atoms with Crippen LogP contribution in [0.2, 0.25) is 0 Å². The van der Waals surface area contributed by atoms with Crippen LogP contribution >= 0.6 is 0 Å². The molecule has 1 aliphatic rings. The molecule has 1 aromatic heterocycles. The highest BCUT2D eigenvalue weighted by atomic mass is 16.4. The Bertz CT molecular complexity index is 835. The molecule has 1 fully saturated rings. The Hall–Kier alpha value is -3.23. The van der Waals surface area contributed by atoms with Crippen LogP contribution < -0.4 is 0 Å². The third-order valence-electron chi connectivity index (χ3n) is 4.94. The number of nitrogens with zero attached hydrogens (tertiary/aromatic N) is 5. The van der Waals surface area contributed by atoms with Crippen LogP contribution in [0, 0.1) is 0 Å². The maximum Gasteiger partial charge on any atom is 0.323 e. The monoisotopic (exact) mass is 385 g/mol. The van der Waals surface area contributed by atoms with Crippen LogP contribution in [0.3, 0.4) is 0 Å². The van der Waals surface area contributed by atoms with Crippen LogP contribution in [0.5, 0.6) is 0 Å². The van der Waals surface area contributed by atoms with Crippen molar-refractivity contribution in [3.05, 3.63) is 42.2 Å². The Balaban J connectivity index is 1.65. The molecule has 3 rings (SSSR count). The van der Waals surface area contributed by atoms with E-state index in [0.29, 0.717) is 31.5 Å². The molecule has 0 radical (unpaired) electrons. The zero-order valence-electron chi connectivity index (χ0n) is 15.7. The van der Waals surface area contributed by atoms with Crippen molar-refractivity contribution in [1.82, 2.24) is 24.8 Å². The van der Waals surface area contributed by atoms with Crippen molar-refractivity contribution in [2.45, 2.75) is 32.2 Å². The largest absolute Gasteiger partial charge is 0.480 e. The molecule has 9 nitrogen and oxygen atoms in total. The first kappa shape index (κ1) is 19.5. The Morgan fingerprint density at radius 3 is 2.54 bits per heavy atom. The minimum Gasteiger partial charge on any atom is -0.480 e. The summed E-state index contributed by atoms with van der Waals surface area (Å²) in [6, 6.07) is 6.98. The molecule has 1 atom stereocenters. The molecule has 2 amide bonds. The predicted molar refractivity (Wildman–Crippen MR) is 99.9 cm³/mol. The van der Waals surface area contributed by atoms with Crippen molar-refractivity contribution < 1.29 is 19.5 Å². The van der Waals surface area contributed by atoms with Gasteiger partial charge in [-0.05, 0) is 43.5 Å². The molecule has 1 aromatic carbocycles. The highest BCUT2D eigenvalue weighted by molar-refractivity contribution is 5.94. The summed E-state index contributed by atoms with van der Waals surface area (Å²) in [5.41, 5.74) is 1.40. The lowest BCUT2D eigenvalue weighted by Gasteiger charge is -2.28. The van der Waals surface area contributed by atoms with Gasteiger partial charge in [-0.2, -0.15) is 0 Å². The highest BCUT2D eigenvalue weighted by Gasteiger charge is 2.27. The molecule has 1 aliphatic heterocycles. The number of hydrogen-bond donors (Lipinski definition) is 1. The van der Waals surface area contributed by atoms with Gasteiger partial charge in [0.05, 0.1) is 18.1 Å². The molecular formula is C19H23N5O4. The first-order valence-electron chi connectivity index (χ1n) is 9.20. The Kier molecular flexibility index (Phi) is 6.03. The van der Waals surface area contributed by atoms with E-state index in [-0.39, 0.29) is 24.4 Å². The lowest BCUT2D eigenvalue weighted by molar-refractivity contribution is -0.145. The molecule has 1 N–H and O–H groups in total. The van der Waals surface area contributed by atoms with E-state index in [1.165, 1.54) is 11.8 Å². The van der Waals surface area contributed by atoms with Gasteiger partial charge in [-0.25, -0.2) is 4.68 Å². The predicted octanol–water partition coefficient (Wildman–Crippen LogP) is 1.20. The minimum absolute atomic E-state index is 0.0709. The Morgan fingerprint density at radius 1 is 1.18 bits per heavy atom. The van der Waals surface area contributed by atoms with E-state index in [0.717, 1.165) is 12.1 Å². The van der Waals surface area contributed by atoms with Crippen LogP contribution in [0.4, 0.5) is 0 Å². The van der Waals surface area contributed by atoms with Gasteiger partial charge in [0.1, 0.15) is 6.54 Å². The van der Waals surface area contributed by atoms with Crippen LogP contribution in [-0.2, 0) is 9.59 Å². The van der Waals surface area contributed by atoms with E-state index < -0.39 is 5.97 Å². The summed E-state index contributed by atoms with van der Waals surface area (Å²) in [6.45, 7) is 2.14. The van der Waals surface area contributed by atoms with Crippen molar-refractivity contribution in [2.75, 3.05) is 19.6 Å². The van der Waals surface area contributed by atoms with Crippen LogP contribution in [0.25, 0.3) is 5.69 Å². The quantitative estimate of drug-likeness (QED) is 0.828. The zero-order chi connectivity index (χ0) is 20.1. The van der Waals surface area contributed by atoms with Gasteiger partial charge >= 0.3 is 5.97 Å². The molecule has 0 spiro atoms. The van der Waals surface area contributed by atoms with E-state index in [9.17, 15) is 14.4 Å². The van der Waals surface area contributed by atoms with Crippen molar-refractivity contribution in [3.8, 4) is 5.69 Å². The van der Waals surface area contributed by atoms with Crippen molar-refractivity contribution in [3.63, 3.8) is 0 Å². The summed E-state index contributed by atoms with van der Waals surface area (Å²) >= 11 is 0. The fourth-order valence-corrected chi connectivity index (χ4v) is 3.52. The van der Waals surface area contributed by atoms with Gasteiger partial charge in [-0.15, -0.1) is 5.10 Å². The molecular weight excluding hydrogens is 362 g/mol. The molecule has 0 aliphatic carbocycles. The maximum absolute atomic E-state index is 12.9. The van der Waals surface area contributed by atoms with Gasteiger partial charge in [0.25, 0.3) is 5.91 Å². The second kappa shape index (κ2) is 8.64. The number of rotatable bonds is 5. The molecule has 28 heavy (non-hydrogen) atoms. The van der Waals surface area contributed by atoms with Crippen LogP contribution in [0.15, 0.2) is 36.7 Å². The molecule has 1 unspecified atom stereocenters. The van der Waals surface area contributed by atoms with E-state index in [1.807, 2.05) is 12.1 Å². The first-order chi connectivity index (χ1) is 13.5. The number of carboxylic acid groups (broad SMARTS) is 1. The first-order valence-corrected chi connectivity index (χ1v) is 9.20. The lowest BCUT2D eigenvalue weighted by Crippen LogP contribution is -2.43. The zero-order valence-corrected chi connectivity index (χ0v) is 15.7. The molecule has 1 saturated heterocycles.